The lowest BCUT2D eigenvalue weighted by molar-refractivity contribution is -0.149. The lowest BCUT2D eigenvalue weighted by Gasteiger charge is -2.21. The zero-order valence-corrected chi connectivity index (χ0v) is 14.1. The van der Waals surface area contributed by atoms with Crippen molar-refractivity contribution in [1.29, 1.82) is 0 Å². The van der Waals surface area contributed by atoms with Crippen LogP contribution in [0.5, 0.6) is 0 Å². The number of hydrogen-bond acceptors (Lipinski definition) is 4. The van der Waals surface area contributed by atoms with E-state index in [1.54, 1.807) is 12.1 Å². The first-order chi connectivity index (χ1) is 12.7. The maximum absolute atomic E-state index is 12.7. The van der Waals surface area contributed by atoms with Crippen LogP contribution in [0.3, 0.4) is 0 Å². The standard InChI is InChI=1S/C19H14F3NO4/c1-11(23-16(24)14-7-2-3-8-15(14)17(23)25)18(26)27-10-12-5-4-6-13(9-12)19(20,21)22/h2-9,11H,10H2,1H3/t11-/m1/s1. The van der Waals surface area contributed by atoms with Gasteiger partial charge in [0.2, 0.25) is 0 Å². The summed E-state index contributed by atoms with van der Waals surface area (Å²) in [5.41, 5.74) is -0.322. The van der Waals surface area contributed by atoms with E-state index in [0.717, 1.165) is 17.0 Å². The summed E-state index contributed by atoms with van der Waals surface area (Å²) in [4.78, 5) is 37.7. The molecule has 2 aromatic carbocycles. The SMILES string of the molecule is C[C@H](C(=O)OCc1cccc(C(F)(F)F)c1)N1C(=O)c2ccccc2C1=O. The monoisotopic (exact) mass is 377 g/mol. The topological polar surface area (TPSA) is 63.7 Å². The molecule has 8 heteroatoms. The maximum atomic E-state index is 12.7. The minimum Gasteiger partial charge on any atom is -0.459 e. The van der Waals surface area contributed by atoms with Crippen molar-refractivity contribution in [3.8, 4) is 0 Å². The molecule has 0 aliphatic carbocycles. The van der Waals surface area contributed by atoms with Gasteiger partial charge in [-0.1, -0.05) is 24.3 Å². The fourth-order valence-electron chi connectivity index (χ4n) is 2.78. The van der Waals surface area contributed by atoms with Crippen LogP contribution < -0.4 is 0 Å². The van der Waals surface area contributed by atoms with E-state index in [-0.39, 0.29) is 16.7 Å². The molecule has 1 atom stereocenters. The molecule has 0 saturated carbocycles. The number of carbonyl (C=O) groups is 3. The number of nitrogens with zero attached hydrogens (tertiary/aromatic N) is 1. The average molecular weight is 377 g/mol. The number of hydrogen-bond donors (Lipinski definition) is 0. The molecular formula is C19H14F3NO4. The molecule has 27 heavy (non-hydrogen) atoms. The third kappa shape index (κ3) is 3.55. The van der Waals surface area contributed by atoms with Crippen molar-refractivity contribution < 1.29 is 32.3 Å². The van der Waals surface area contributed by atoms with Crippen LogP contribution in [0.2, 0.25) is 0 Å². The Hall–Kier alpha value is -3.16. The van der Waals surface area contributed by atoms with Crippen LogP contribution in [0, 0.1) is 0 Å². The zero-order valence-electron chi connectivity index (χ0n) is 14.1. The molecule has 3 rings (SSSR count). The molecule has 0 aromatic heterocycles. The fraction of sp³-hybridized carbons (Fsp3) is 0.211. The zero-order chi connectivity index (χ0) is 19.8. The Morgan fingerprint density at radius 1 is 1.04 bits per heavy atom. The first-order valence-corrected chi connectivity index (χ1v) is 8.00. The largest absolute Gasteiger partial charge is 0.459 e. The van der Waals surface area contributed by atoms with Crippen LogP contribution >= 0.6 is 0 Å². The maximum Gasteiger partial charge on any atom is 0.416 e. The minimum absolute atomic E-state index is 0.146. The summed E-state index contributed by atoms with van der Waals surface area (Å²) in [7, 11) is 0. The number of halogens is 3. The summed E-state index contributed by atoms with van der Waals surface area (Å²) < 4.78 is 43.2. The van der Waals surface area contributed by atoms with Gasteiger partial charge in [-0.3, -0.25) is 14.5 Å². The van der Waals surface area contributed by atoms with E-state index in [0.29, 0.717) is 0 Å². The highest BCUT2D eigenvalue weighted by atomic mass is 19.4. The van der Waals surface area contributed by atoms with Gasteiger partial charge in [-0.05, 0) is 36.8 Å². The molecule has 1 heterocycles. The van der Waals surface area contributed by atoms with E-state index in [1.807, 2.05) is 0 Å². The Bertz CT molecular complexity index is 888. The highest BCUT2D eigenvalue weighted by Gasteiger charge is 2.41. The first kappa shape index (κ1) is 18.6. The molecule has 0 unspecified atom stereocenters. The molecule has 0 radical (unpaired) electrons. The van der Waals surface area contributed by atoms with Crippen molar-refractivity contribution in [3.05, 3.63) is 70.8 Å². The van der Waals surface area contributed by atoms with Gasteiger partial charge < -0.3 is 4.74 Å². The van der Waals surface area contributed by atoms with Gasteiger partial charge in [0.15, 0.2) is 0 Å². The summed E-state index contributed by atoms with van der Waals surface area (Å²) in [5.74, 6) is -2.11. The van der Waals surface area contributed by atoms with Crippen molar-refractivity contribution in [2.24, 2.45) is 0 Å². The number of esters is 1. The smallest absolute Gasteiger partial charge is 0.416 e. The molecular weight excluding hydrogens is 363 g/mol. The van der Waals surface area contributed by atoms with E-state index >= 15 is 0 Å². The number of ether oxygens (including phenoxy) is 1. The number of amides is 2. The summed E-state index contributed by atoms with van der Waals surface area (Å²) in [6.07, 6.45) is -4.51. The summed E-state index contributed by atoms with van der Waals surface area (Å²) >= 11 is 0. The van der Waals surface area contributed by atoms with Crippen LogP contribution in [0.25, 0.3) is 0 Å². The quantitative estimate of drug-likeness (QED) is 0.605. The molecule has 0 spiro atoms. The van der Waals surface area contributed by atoms with Crippen molar-refractivity contribution >= 4 is 17.8 Å². The van der Waals surface area contributed by atoms with Gasteiger partial charge in [0.1, 0.15) is 12.6 Å². The Morgan fingerprint density at radius 2 is 1.63 bits per heavy atom. The molecule has 0 N–H and O–H groups in total. The predicted octanol–water partition coefficient (Wildman–Crippen LogP) is 3.43. The number of carbonyl (C=O) groups excluding carboxylic acids is 3. The van der Waals surface area contributed by atoms with E-state index < -0.39 is 42.2 Å². The Kier molecular flexibility index (Phi) is 4.73. The number of benzene rings is 2. The van der Waals surface area contributed by atoms with Gasteiger partial charge in [0, 0.05) is 0 Å². The Balaban J connectivity index is 1.69. The van der Waals surface area contributed by atoms with Gasteiger partial charge >= 0.3 is 12.1 Å². The van der Waals surface area contributed by atoms with Gasteiger partial charge in [-0.15, -0.1) is 0 Å². The normalized spacial score (nSPS) is 14.9. The van der Waals surface area contributed by atoms with E-state index in [9.17, 15) is 27.6 Å². The molecule has 0 bridgehead atoms. The molecule has 2 aromatic rings. The van der Waals surface area contributed by atoms with E-state index in [4.69, 9.17) is 4.74 Å². The van der Waals surface area contributed by atoms with Crippen LogP contribution in [-0.4, -0.2) is 28.7 Å². The third-order valence-electron chi connectivity index (χ3n) is 4.19. The fourth-order valence-corrected chi connectivity index (χ4v) is 2.78. The third-order valence-corrected chi connectivity index (χ3v) is 4.19. The second kappa shape index (κ2) is 6.86. The second-order valence-corrected chi connectivity index (χ2v) is 6.01. The number of fused-ring (bicyclic) bond motifs is 1. The first-order valence-electron chi connectivity index (χ1n) is 8.00. The van der Waals surface area contributed by atoms with Crippen LogP contribution in [0.1, 0.15) is 38.8 Å². The average Bonchev–Trinajstić information content (AvgIpc) is 2.90. The van der Waals surface area contributed by atoms with Gasteiger partial charge in [-0.2, -0.15) is 13.2 Å². The van der Waals surface area contributed by atoms with E-state index in [2.05, 4.69) is 0 Å². The van der Waals surface area contributed by atoms with Crippen LogP contribution in [-0.2, 0) is 22.3 Å². The van der Waals surface area contributed by atoms with Crippen molar-refractivity contribution in [2.75, 3.05) is 0 Å². The molecule has 140 valence electrons. The van der Waals surface area contributed by atoms with Crippen LogP contribution in [0.4, 0.5) is 13.2 Å². The predicted molar refractivity (Wildman–Crippen MR) is 87.6 cm³/mol. The number of imide groups is 1. The summed E-state index contributed by atoms with van der Waals surface area (Å²) in [5, 5.41) is 0. The lowest BCUT2D eigenvalue weighted by Crippen LogP contribution is -2.43. The highest BCUT2D eigenvalue weighted by Crippen LogP contribution is 2.30. The molecule has 1 aliphatic heterocycles. The molecule has 5 nitrogen and oxygen atoms in total. The van der Waals surface area contributed by atoms with Gasteiger partial charge in [0.05, 0.1) is 16.7 Å². The molecule has 0 fully saturated rings. The molecule has 1 aliphatic rings. The van der Waals surface area contributed by atoms with Gasteiger partial charge in [0.25, 0.3) is 11.8 Å². The number of rotatable bonds is 4. The van der Waals surface area contributed by atoms with Crippen molar-refractivity contribution in [1.82, 2.24) is 4.90 Å². The lowest BCUT2D eigenvalue weighted by atomic mass is 10.1. The van der Waals surface area contributed by atoms with Crippen molar-refractivity contribution in [3.63, 3.8) is 0 Å². The second-order valence-electron chi connectivity index (χ2n) is 6.01. The molecule has 2 amide bonds. The Morgan fingerprint density at radius 3 is 2.19 bits per heavy atom. The summed E-state index contributed by atoms with van der Waals surface area (Å²) in [6.45, 7) is 0.923. The summed E-state index contributed by atoms with van der Waals surface area (Å²) in [6, 6.07) is 9.34. The highest BCUT2D eigenvalue weighted by molar-refractivity contribution is 6.22. The Labute approximate surface area is 152 Å². The number of alkyl halides is 3. The van der Waals surface area contributed by atoms with Crippen molar-refractivity contribution in [2.45, 2.75) is 25.7 Å². The van der Waals surface area contributed by atoms with Gasteiger partial charge in [-0.25, -0.2) is 4.79 Å². The minimum atomic E-state index is -4.51. The van der Waals surface area contributed by atoms with Crippen LogP contribution in [0.15, 0.2) is 48.5 Å². The molecule has 0 saturated heterocycles. The van der Waals surface area contributed by atoms with E-state index in [1.165, 1.54) is 31.2 Å².